The van der Waals surface area contributed by atoms with Crippen molar-refractivity contribution in [2.75, 3.05) is 11.9 Å². The van der Waals surface area contributed by atoms with Gasteiger partial charge in [-0.3, -0.25) is 4.79 Å². The molecular weight excluding hydrogens is 274 g/mol. The largest absolute Gasteiger partial charge is 0.494 e. The minimum absolute atomic E-state index is 0.0676. The van der Waals surface area contributed by atoms with Crippen LogP contribution in [0.4, 0.5) is 5.69 Å². The van der Waals surface area contributed by atoms with Crippen molar-refractivity contribution in [1.29, 1.82) is 0 Å². The van der Waals surface area contributed by atoms with Crippen molar-refractivity contribution in [3.8, 4) is 5.75 Å². The predicted octanol–water partition coefficient (Wildman–Crippen LogP) is 4.22. The molecule has 0 spiro atoms. The average molecular weight is 295 g/mol. The zero-order chi connectivity index (χ0) is 15.4. The second kappa shape index (κ2) is 6.65. The van der Waals surface area contributed by atoms with Gasteiger partial charge in [-0.2, -0.15) is 0 Å². The highest BCUT2D eigenvalue weighted by molar-refractivity contribution is 6.04. The van der Waals surface area contributed by atoms with Crippen molar-refractivity contribution >= 4 is 11.6 Å². The Bertz CT molecular complexity index is 662. The van der Waals surface area contributed by atoms with Crippen LogP contribution in [-0.4, -0.2) is 12.5 Å². The summed E-state index contributed by atoms with van der Waals surface area (Å²) >= 11 is 0. The van der Waals surface area contributed by atoms with Gasteiger partial charge in [0.25, 0.3) is 5.91 Å². The maximum Gasteiger partial charge on any atom is 0.255 e. The molecule has 0 aromatic heterocycles. The molecule has 3 rings (SSSR count). The maximum absolute atomic E-state index is 12.4. The van der Waals surface area contributed by atoms with E-state index in [1.807, 2.05) is 31.2 Å². The summed E-state index contributed by atoms with van der Waals surface area (Å²) in [5.41, 5.74) is 4.27. The molecule has 0 radical (unpaired) electrons. The van der Waals surface area contributed by atoms with Crippen molar-refractivity contribution < 1.29 is 9.53 Å². The molecular formula is C19H21NO2. The zero-order valence-corrected chi connectivity index (χ0v) is 12.9. The van der Waals surface area contributed by atoms with Crippen molar-refractivity contribution in [1.82, 2.24) is 0 Å². The van der Waals surface area contributed by atoms with Gasteiger partial charge in [0.05, 0.1) is 6.61 Å². The van der Waals surface area contributed by atoms with Gasteiger partial charge in [0.2, 0.25) is 0 Å². The van der Waals surface area contributed by atoms with Crippen LogP contribution >= 0.6 is 0 Å². The highest BCUT2D eigenvalue weighted by Crippen LogP contribution is 2.28. The highest BCUT2D eigenvalue weighted by Gasteiger charge is 2.15. The van der Waals surface area contributed by atoms with E-state index < -0.39 is 0 Å². The van der Waals surface area contributed by atoms with Crippen LogP contribution in [-0.2, 0) is 12.8 Å². The van der Waals surface area contributed by atoms with Crippen LogP contribution < -0.4 is 10.1 Å². The first kappa shape index (κ1) is 14.6. The summed E-state index contributed by atoms with van der Waals surface area (Å²) in [7, 11) is 0. The molecule has 2 aromatic carbocycles. The Balaban J connectivity index is 1.77. The van der Waals surface area contributed by atoms with Crippen LogP contribution in [0.3, 0.4) is 0 Å². The number of amides is 1. The Labute approximate surface area is 131 Å². The average Bonchev–Trinajstić information content (AvgIpc) is 2.56. The Hall–Kier alpha value is -2.29. The van der Waals surface area contributed by atoms with Gasteiger partial charge in [-0.25, -0.2) is 0 Å². The van der Waals surface area contributed by atoms with Crippen molar-refractivity contribution in [2.24, 2.45) is 0 Å². The van der Waals surface area contributed by atoms with Gasteiger partial charge in [-0.05, 0) is 74.1 Å². The van der Waals surface area contributed by atoms with Gasteiger partial charge in [0.1, 0.15) is 5.75 Å². The van der Waals surface area contributed by atoms with Crippen LogP contribution in [0.15, 0.2) is 42.5 Å². The van der Waals surface area contributed by atoms with E-state index in [9.17, 15) is 4.79 Å². The Kier molecular flexibility index (Phi) is 4.42. The van der Waals surface area contributed by atoms with Crippen molar-refractivity contribution in [2.45, 2.75) is 32.6 Å². The van der Waals surface area contributed by atoms with Gasteiger partial charge in [-0.1, -0.05) is 12.1 Å². The number of rotatable bonds is 4. The molecule has 3 heteroatoms. The van der Waals surface area contributed by atoms with Gasteiger partial charge in [0.15, 0.2) is 0 Å². The third-order valence-corrected chi connectivity index (χ3v) is 4.07. The lowest BCUT2D eigenvalue weighted by molar-refractivity contribution is 0.102. The molecule has 0 unspecified atom stereocenters. The van der Waals surface area contributed by atoms with Crippen LogP contribution in [0.2, 0.25) is 0 Å². The zero-order valence-electron chi connectivity index (χ0n) is 12.9. The number of hydrogen-bond acceptors (Lipinski definition) is 2. The molecule has 0 atom stereocenters. The van der Waals surface area contributed by atoms with Crippen molar-refractivity contribution in [3.05, 3.63) is 59.2 Å². The summed E-state index contributed by atoms with van der Waals surface area (Å²) in [5, 5.41) is 3.06. The van der Waals surface area contributed by atoms with Gasteiger partial charge >= 0.3 is 0 Å². The standard InChI is InChI=1S/C19H21NO2/c1-2-22-16-12-10-15(11-13-16)19(21)20-18-9-5-7-14-6-3-4-8-17(14)18/h5,7,9-13H,2-4,6,8H2,1H3,(H,20,21). The molecule has 114 valence electrons. The molecule has 0 heterocycles. The molecule has 22 heavy (non-hydrogen) atoms. The second-order valence-corrected chi connectivity index (χ2v) is 5.56. The monoisotopic (exact) mass is 295 g/mol. The van der Waals surface area contributed by atoms with E-state index in [0.29, 0.717) is 12.2 Å². The van der Waals surface area contributed by atoms with Gasteiger partial charge in [-0.15, -0.1) is 0 Å². The second-order valence-electron chi connectivity index (χ2n) is 5.56. The minimum atomic E-state index is -0.0676. The highest BCUT2D eigenvalue weighted by atomic mass is 16.5. The summed E-state index contributed by atoms with van der Waals surface area (Å²) in [4.78, 5) is 12.4. The predicted molar refractivity (Wildman–Crippen MR) is 88.6 cm³/mol. The number of benzene rings is 2. The quantitative estimate of drug-likeness (QED) is 0.917. The fourth-order valence-corrected chi connectivity index (χ4v) is 2.96. The molecule has 0 aliphatic heterocycles. The summed E-state index contributed by atoms with van der Waals surface area (Å²) in [6.45, 7) is 2.57. The Morgan fingerprint density at radius 1 is 1.09 bits per heavy atom. The molecule has 3 nitrogen and oxygen atoms in total. The molecule has 0 fully saturated rings. The van der Waals surface area contributed by atoms with E-state index >= 15 is 0 Å². The summed E-state index contributed by atoms with van der Waals surface area (Å²) in [6, 6.07) is 13.5. The lowest BCUT2D eigenvalue weighted by Gasteiger charge is -2.19. The Morgan fingerprint density at radius 3 is 2.64 bits per heavy atom. The topological polar surface area (TPSA) is 38.3 Å². The number of carbonyl (C=O) groups excluding carboxylic acids is 1. The van der Waals surface area contributed by atoms with E-state index in [0.717, 1.165) is 24.3 Å². The fourth-order valence-electron chi connectivity index (χ4n) is 2.96. The molecule has 1 amide bonds. The first-order chi connectivity index (χ1) is 10.8. The number of ether oxygens (including phenoxy) is 1. The first-order valence-electron chi connectivity index (χ1n) is 7.93. The van der Waals surface area contributed by atoms with Crippen LogP contribution in [0.25, 0.3) is 0 Å². The van der Waals surface area contributed by atoms with Crippen LogP contribution in [0.1, 0.15) is 41.3 Å². The minimum Gasteiger partial charge on any atom is -0.494 e. The molecule has 2 aromatic rings. The normalized spacial score (nSPS) is 13.3. The maximum atomic E-state index is 12.4. The first-order valence-corrected chi connectivity index (χ1v) is 7.93. The lowest BCUT2D eigenvalue weighted by atomic mass is 9.90. The number of fused-ring (bicyclic) bond motifs is 1. The molecule has 0 saturated carbocycles. The summed E-state index contributed by atoms with van der Waals surface area (Å²) < 4.78 is 5.40. The SMILES string of the molecule is CCOc1ccc(C(=O)Nc2cccc3c2CCCC3)cc1. The number of aryl methyl sites for hydroxylation is 1. The summed E-state index contributed by atoms with van der Waals surface area (Å²) in [5.74, 6) is 0.721. The van der Waals surface area contributed by atoms with E-state index in [2.05, 4.69) is 11.4 Å². The molecule has 0 bridgehead atoms. The van der Waals surface area contributed by atoms with Crippen LogP contribution in [0, 0.1) is 0 Å². The molecule has 1 aliphatic rings. The number of nitrogens with one attached hydrogen (secondary N) is 1. The smallest absolute Gasteiger partial charge is 0.255 e. The van der Waals surface area contributed by atoms with E-state index in [1.54, 1.807) is 12.1 Å². The lowest BCUT2D eigenvalue weighted by Crippen LogP contribution is -2.15. The molecule has 1 N–H and O–H groups in total. The van der Waals surface area contributed by atoms with E-state index in [1.165, 1.54) is 24.0 Å². The Morgan fingerprint density at radius 2 is 1.86 bits per heavy atom. The van der Waals surface area contributed by atoms with Gasteiger partial charge in [0, 0.05) is 11.3 Å². The third-order valence-electron chi connectivity index (χ3n) is 4.07. The van der Waals surface area contributed by atoms with Crippen LogP contribution in [0.5, 0.6) is 5.75 Å². The van der Waals surface area contributed by atoms with E-state index in [-0.39, 0.29) is 5.91 Å². The van der Waals surface area contributed by atoms with E-state index in [4.69, 9.17) is 4.74 Å². The molecule has 1 aliphatic carbocycles. The number of hydrogen-bond donors (Lipinski definition) is 1. The third kappa shape index (κ3) is 3.14. The number of anilines is 1. The fraction of sp³-hybridized carbons (Fsp3) is 0.316. The summed E-state index contributed by atoms with van der Waals surface area (Å²) in [6.07, 6.45) is 4.60. The van der Waals surface area contributed by atoms with Crippen molar-refractivity contribution in [3.63, 3.8) is 0 Å². The van der Waals surface area contributed by atoms with Gasteiger partial charge < -0.3 is 10.1 Å². The number of carbonyl (C=O) groups is 1. The molecule has 0 saturated heterocycles.